The number of pyridine rings is 1. The molecule has 6 nitrogen and oxygen atoms in total. The van der Waals surface area contributed by atoms with Crippen molar-refractivity contribution in [2.45, 2.75) is 12.1 Å². The Labute approximate surface area is 136 Å². The topological polar surface area (TPSA) is 90.9 Å². The Kier molecular flexibility index (Phi) is 4.12. The van der Waals surface area contributed by atoms with Gasteiger partial charge in [-0.25, -0.2) is 14.5 Å². The van der Waals surface area contributed by atoms with Crippen molar-refractivity contribution in [2.75, 3.05) is 5.75 Å². The molecule has 0 saturated heterocycles. The molecular formula is C16H14N4O2S. The van der Waals surface area contributed by atoms with Crippen molar-refractivity contribution in [2.24, 2.45) is 5.73 Å². The highest BCUT2D eigenvalue weighted by Gasteiger charge is 2.14. The molecule has 116 valence electrons. The summed E-state index contributed by atoms with van der Waals surface area (Å²) in [5.41, 5.74) is 6.55. The standard InChI is InChI=1S/C16H14N4O2S/c1-10-6-7-14(18-8-10)20-15(22)11-4-2-3-5-12(11)19-16(20)23-9-13(17)21/h2-8H,9H2,1H3,(H2,17,21). The van der Waals surface area contributed by atoms with E-state index >= 15 is 0 Å². The van der Waals surface area contributed by atoms with E-state index in [9.17, 15) is 9.59 Å². The summed E-state index contributed by atoms with van der Waals surface area (Å²) in [6.45, 7) is 1.92. The predicted octanol–water partition coefficient (Wildman–Crippen LogP) is 1.67. The number of aromatic nitrogens is 3. The van der Waals surface area contributed by atoms with Gasteiger partial charge < -0.3 is 5.73 Å². The molecule has 0 atom stereocenters. The number of fused-ring (bicyclic) bond motifs is 1. The molecule has 3 aromatic rings. The molecule has 0 aliphatic rings. The number of para-hydroxylation sites is 1. The molecule has 23 heavy (non-hydrogen) atoms. The summed E-state index contributed by atoms with van der Waals surface area (Å²) in [6.07, 6.45) is 1.68. The van der Waals surface area contributed by atoms with Gasteiger partial charge in [-0.3, -0.25) is 9.59 Å². The molecule has 7 heteroatoms. The highest BCUT2D eigenvalue weighted by Crippen LogP contribution is 2.20. The van der Waals surface area contributed by atoms with Crippen molar-refractivity contribution in [1.29, 1.82) is 0 Å². The molecule has 0 bridgehead atoms. The molecule has 2 N–H and O–H groups in total. The molecule has 1 aromatic carbocycles. The van der Waals surface area contributed by atoms with Crippen LogP contribution in [0, 0.1) is 6.92 Å². The van der Waals surface area contributed by atoms with Gasteiger partial charge in [0.15, 0.2) is 5.16 Å². The fourth-order valence-electron chi connectivity index (χ4n) is 2.14. The van der Waals surface area contributed by atoms with Gasteiger partial charge in [0.25, 0.3) is 5.56 Å². The number of hydrogen-bond acceptors (Lipinski definition) is 5. The van der Waals surface area contributed by atoms with Crippen molar-refractivity contribution >= 4 is 28.6 Å². The van der Waals surface area contributed by atoms with E-state index in [0.29, 0.717) is 21.9 Å². The van der Waals surface area contributed by atoms with E-state index in [4.69, 9.17) is 5.73 Å². The molecule has 2 heterocycles. The van der Waals surface area contributed by atoms with E-state index in [-0.39, 0.29) is 11.3 Å². The third-order valence-corrected chi connectivity index (χ3v) is 4.17. The quantitative estimate of drug-likeness (QED) is 0.582. The highest BCUT2D eigenvalue weighted by atomic mass is 32.2. The van der Waals surface area contributed by atoms with Crippen LogP contribution in [0.1, 0.15) is 5.56 Å². The maximum absolute atomic E-state index is 12.8. The first-order valence-corrected chi connectivity index (χ1v) is 7.91. The second kappa shape index (κ2) is 6.21. The van der Waals surface area contributed by atoms with E-state index < -0.39 is 5.91 Å². The summed E-state index contributed by atoms with van der Waals surface area (Å²) in [7, 11) is 0. The van der Waals surface area contributed by atoms with Crippen LogP contribution in [0.3, 0.4) is 0 Å². The summed E-state index contributed by atoms with van der Waals surface area (Å²) in [5.74, 6) is 0.0306. The first kappa shape index (κ1) is 15.2. The van der Waals surface area contributed by atoms with Gasteiger partial charge in [-0.05, 0) is 30.7 Å². The third kappa shape index (κ3) is 3.09. The Morgan fingerprint density at radius 1 is 1.26 bits per heavy atom. The van der Waals surface area contributed by atoms with Crippen molar-refractivity contribution in [3.63, 3.8) is 0 Å². The number of nitrogens with zero attached hydrogens (tertiary/aromatic N) is 3. The van der Waals surface area contributed by atoms with Crippen molar-refractivity contribution in [1.82, 2.24) is 14.5 Å². The largest absolute Gasteiger partial charge is 0.369 e. The van der Waals surface area contributed by atoms with E-state index in [0.717, 1.165) is 17.3 Å². The van der Waals surface area contributed by atoms with Crippen LogP contribution in [-0.2, 0) is 4.79 Å². The normalized spacial score (nSPS) is 10.8. The molecule has 0 spiro atoms. The second-order valence-corrected chi connectivity index (χ2v) is 5.94. The minimum Gasteiger partial charge on any atom is -0.369 e. The molecule has 0 unspecified atom stereocenters. The maximum atomic E-state index is 12.8. The maximum Gasteiger partial charge on any atom is 0.267 e. The Bertz CT molecular complexity index is 935. The second-order valence-electron chi connectivity index (χ2n) is 5.00. The summed E-state index contributed by atoms with van der Waals surface area (Å²) in [5, 5.41) is 0.891. The number of rotatable bonds is 4. The van der Waals surface area contributed by atoms with E-state index in [1.165, 1.54) is 4.57 Å². The van der Waals surface area contributed by atoms with E-state index in [1.54, 1.807) is 30.5 Å². The summed E-state index contributed by atoms with van der Waals surface area (Å²) >= 11 is 1.12. The van der Waals surface area contributed by atoms with Gasteiger partial charge >= 0.3 is 0 Å². The van der Waals surface area contributed by atoms with Crippen LogP contribution in [0.15, 0.2) is 52.5 Å². The number of nitrogens with two attached hydrogens (primary N) is 1. The third-order valence-electron chi connectivity index (χ3n) is 3.21. The van der Waals surface area contributed by atoms with Crippen LogP contribution in [0.5, 0.6) is 0 Å². The minimum absolute atomic E-state index is 0.0383. The summed E-state index contributed by atoms with van der Waals surface area (Å²) < 4.78 is 1.41. The molecule has 2 aromatic heterocycles. The zero-order chi connectivity index (χ0) is 16.4. The number of aryl methyl sites for hydroxylation is 1. The number of amides is 1. The van der Waals surface area contributed by atoms with Crippen LogP contribution in [0.4, 0.5) is 0 Å². The number of thioether (sulfide) groups is 1. The van der Waals surface area contributed by atoms with Gasteiger partial charge in [-0.1, -0.05) is 30.0 Å². The van der Waals surface area contributed by atoms with E-state index in [2.05, 4.69) is 9.97 Å². The number of carbonyl (C=O) groups is 1. The molecule has 1 amide bonds. The predicted molar refractivity (Wildman–Crippen MR) is 89.8 cm³/mol. The molecule has 0 fully saturated rings. The fraction of sp³-hybridized carbons (Fsp3) is 0.125. The van der Waals surface area contributed by atoms with Gasteiger partial charge in [0, 0.05) is 6.20 Å². The van der Waals surface area contributed by atoms with Crippen LogP contribution >= 0.6 is 11.8 Å². The molecule has 0 aliphatic carbocycles. The number of primary amides is 1. The number of hydrogen-bond donors (Lipinski definition) is 1. The molecule has 0 radical (unpaired) electrons. The Balaban J connectivity index is 2.25. The minimum atomic E-state index is -0.471. The van der Waals surface area contributed by atoms with Gasteiger partial charge in [0.05, 0.1) is 16.7 Å². The SMILES string of the molecule is Cc1ccc(-n2c(SCC(N)=O)nc3ccccc3c2=O)nc1. The van der Waals surface area contributed by atoms with Crippen LogP contribution < -0.4 is 11.3 Å². The molecular weight excluding hydrogens is 312 g/mol. The lowest BCUT2D eigenvalue weighted by Gasteiger charge is -2.12. The first-order chi connectivity index (χ1) is 11.1. The lowest BCUT2D eigenvalue weighted by atomic mass is 10.2. The van der Waals surface area contributed by atoms with E-state index in [1.807, 2.05) is 19.1 Å². The molecule has 0 saturated carbocycles. The van der Waals surface area contributed by atoms with Crippen LogP contribution in [0.25, 0.3) is 16.7 Å². The Hall–Kier alpha value is -2.67. The fourth-order valence-corrected chi connectivity index (χ4v) is 2.88. The van der Waals surface area contributed by atoms with Crippen LogP contribution in [-0.4, -0.2) is 26.2 Å². The molecule has 3 rings (SSSR count). The highest BCUT2D eigenvalue weighted by molar-refractivity contribution is 7.99. The zero-order valence-corrected chi connectivity index (χ0v) is 13.2. The van der Waals surface area contributed by atoms with Crippen molar-refractivity contribution in [3.8, 4) is 5.82 Å². The average molecular weight is 326 g/mol. The summed E-state index contributed by atoms with van der Waals surface area (Å²) in [6, 6.07) is 10.7. The van der Waals surface area contributed by atoms with Crippen molar-refractivity contribution in [3.05, 3.63) is 58.5 Å². The summed E-state index contributed by atoms with van der Waals surface area (Å²) in [4.78, 5) is 32.7. The van der Waals surface area contributed by atoms with Gasteiger partial charge in [-0.2, -0.15) is 0 Å². The Morgan fingerprint density at radius 3 is 2.74 bits per heavy atom. The lowest BCUT2D eigenvalue weighted by Crippen LogP contribution is -2.23. The zero-order valence-electron chi connectivity index (χ0n) is 12.4. The van der Waals surface area contributed by atoms with Crippen LogP contribution in [0.2, 0.25) is 0 Å². The first-order valence-electron chi connectivity index (χ1n) is 6.92. The number of benzene rings is 1. The Morgan fingerprint density at radius 2 is 2.04 bits per heavy atom. The average Bonchev–Trinajstić information content (AvgIpc) is 2.54. The van der Waals surface area contributed by atoms with Gasteiger partial charge in [0.2, 0.25) is 5.91 Å². The lowest BCUT2D eigenvalue weighted by molar-refractivity contribution is -0.115. The van der Waals surface area contributed by atoms with Gasteiger partial charge in [0.1, 0.15) is 5.82 Å². The smallest absolute Gasteiger partial charge is 0.267 e. The molecule has 0 aliphatic heterocycles. The van der Waals surface area contributed by atoms with Gasteiger partial charge in [-0.15, -0.1) is 0 Å². The number of carbonyl (C=O) groups excluding carboxylic acids is 1. The van der Waals surface area contributed by atoms with Crippen molar-refractivity contribution < 1.29 is 4.79 Å². The monoisotopic (exact) mass is 326 g/mol.